The van der Waals surface area contributed by atoms with Crippen molar-refractivity contribution in [2.24, 2.45) is 0 Å². The van der Waals surface area contributed by atoms with Crippen LogP contribution in [0, 0.1) is 0 Å². The van der Waals surface area contributed by atoms with E-state index in [0.717, 1.165) is 16.7 Å². The van der Waals surface area contributed by atoms with Gasteiger partial charge in [-0.1, -0.05) is 54.6 Å². The summed E-state index contributed by atoms with van der Waals surface area (Å²) in [4.78, 5) is 12.4. The van der Waals surface area contributed by atoms with Crippen LogP contribution in [0.5, 0.6) is 11.5 Å². The van der Waals surface area contributed by atoms with Gasteiger partial charge >= 0.3 is 5.97 Å². The lowest BCUT2D eigenvalue weighted by molar-refractivity contribution is -0.128. The Bertz CT molecular complexity index is 1080. The summed E-state index contributed by atoms with van der Waals surface area (Å²) in [5, 5.41) is 10.5. The Hall–Kier alpha value is -3.85. The molecule has 150 valence electrons. The number of aromatic hydroxyl groups is 1. The Morgan fingerprint density at radius 2 is 1.50 bits per heavy atom. The van der Waals surface area contributed by atoms with Gasteiger partial charge in [-0.05, 0) is 59.9 Å². The molecular formula is C27H24O3. The van der Waals surface area contributed by atoms with E-state index in [-0.39, 0.29) is 5.75 Å². The average Bonchev–Trinajstić information content (AvgIpc) is 2.76. The van der Waals surface area contributed by atoms with Crippen LogP contribution in [0.2, 0.25) is 0 Å². The van der Waals surface area contributed by atoms with Crippen molar-refractivity contribution in [3.05, 3.63) is 115 Å². The Morgan fingerprint density at radius 1 is 0.867 bits per heavy atom. The third-order valence-corrected chi connectivity index (χ3v) is 4.58. The van der Waals surface area contributed by atoms with Crippen LogP contribution in [0.1, 0.15) is 16.7 Å². The van der Waals surface area contributed by atoms with Gasteiger partial charge < -0.3 is 9.84 Å². The lowest BCUT2D eigenvalue weighted by Gasteiger charge is -2.13. The van der Waals surface area contributed by atoms with Crippen LogP contribution in [-0.2, 0) is 17.6 Å². The summed E-state index contributed by atoms with van der Waals surface area (Å²) < 4.78 is 5.63. The molecule has 0 bridgehead atoms. The highest BCUT2D eigenvalue weighted by Crippen LogP contribution is 2.37. The second-order valence-corrected chi connectivity index (χ2v) is 6.83. The molecule has 0 radical (unpaired) electrons. The molecule has 0 aromatic heterocycles. The Balaban J connectivity index is 1.96. The minimum atomic E-state index is -0.488. The zero-order chi connectivity index (χ0) is 21.3. The van der Waals surface area contributed by atoms with Gasteiger partial charge in [0.2, 0.25) is 0 Å². The quantitative estimate of drug-likeness (QED) is 0.215. The van der Waals surface area contributed by atoms with E-state index in [1.165, 1.54) is 6.08 Å². The third kappa shape index (κ3) is 5.36. The third-order valence-electron chi connectivity index (χ3n) is 4.58. The number of carbonyl (C=O) groups excluding carboxylic acids is 1. The minimum absolute atomic E-state index is 0.121. The van der Waals surface area contributed by atoms with Crippen LogP contribution in [0.3, 0.4) is 0 Å². The summed E-state index contributed by atoms with van der Waals surface area (Å²) in [5.41, 5.74) is 4.18. The maximum Gasteiger partial charge on any atom is 0.336 e. The van der Waals surface area contributed by atoms with E-state index in [1.54, 1.807) is 30.4 Å². The zero-order valence-electron chi connectivity index (χ0n) is 16.8. The van der Waals surface area contributed by atoms with Crippen LogP contribution in [-0.4, -0.2) is 11.1 Å². The molecule has 30 heavy (non-hydrogen) atoms. The second-order valence-electron chi connectivity index (χ2n) is 6.83. The first-order valence-electron chi connectivity index (χ1n) is 9.72. The van der Waals surface area contributed by atoms with E-state index in [9.17, 15) is 9.90 Å². The van der Waals surface area contributed by atoms with Crippen LogP contribution in [0.4, 0.5) is 0 Å². The van der Waals surface area contributed by atoms with Crippen molar-refractivity contribution in [2.45, 2.75) is 12.8 Å². The van der Waals surface area contributed by atoms with E-state index in [4.69, 9.17) is 4.74 Å². The van der Waals surface area contributed by atoms with Crippen LogP contribution < -0.4 is 4.74 Å². The van der Waals surface area contributed by atoms with E-state index in [1.807, 2.05) is 54.6 Å². The summed E-state index contributed by atoms with van der Waals surface area (Å²) >= 11 is 0. The minimum Gasteiger partial charge on any atom is -0.507 e. The number of carbonyl (C=O) groups is 1. The van der Waals surface area contributed by atoms with Gasteiger partial charge in [-0.15, -0.1) is 13.2 Å². The van der Waals surface area contributed by atoms with Crippen LogP contribution in [0.15, 0.2) is 98.1 Å². The predicted octanol–water partition coefficient (Wildman–Crippen LogP) is 6.14. The summed E-state index contributed by atoms with van der Waals surface area (Å²) in [6.07, 6.45) is 8.05. The Labute approximate surface area is 177 Å². The van der Waals surface area contributed by atoms with Crippen molar-refractivity contribution in [1.29, 1.82) is 0 Å². The van der Waals surface area contributed by atoms with Crippen molar-refractivity contribution in [1.82, 2.24) is 0 Å². The lowest BCUT2D eigenvalue weighted by Crippen LogP contribution is -2.05. The highest BCUT2D eigenvalue weighted by molar-refractivity contribution is 5.90. The number of rotatable bonds is 8. The van der Waals surface area contributed by atoms with E-state index >= 15 is 0 Å². The maximum absolute atomic E-state index is 12.4. The van der Waals surface area contributed by atoms with Gasteiger partial charge in [0, 0.05) is 17.2 Å². The summed E-state index contributed by atoms with van der Waals surface area (Å²) in [7, 11) is 0. The van der Waals surface area contributed by atoms with E-state index in [2.05, 4.69) is 13.2 Å². The zero-order valence-corrected chi connectivity index (χ0v) is 16.8. The van der Waals surface area contributed by atoms with Crippen LogP contribution >= 0.6 is 0 Å². The van der Waals surface area contributed by atoms with Crippen molar-refractivity contribution in [2.75, 3.05) is 0 Å². The molecule has 0 aliphatic rings. The largest absolute Gasteiger partial charge is 0.507 e. The molecule has 3 rings (SSSR count). The molecule has 3 nitrogen and oxygen atoms in total. The second kappa shape index (κ2) is 10.1. The van der Waals surface area contributed by atoms with Crippen molar-refractivity contribution in [3.63, 3.8) is 0 Å². The number of hydrogen-bond acceptors (Lipinski definition) is 3. The summed E-state index contributed by atoms with van der Waals surface area (Å²) in [6.45, 7) is 7.55. The fourth-order valence-corrected chi connectivity index (χ4v) is 3.13. The molecule has 0 aliphatic carbocycles. The highest BCUT2D eigenvalue weighted by atomic mass is 16.5. The number of ether oxygens (including phenoxy) is 1. The summed E-state index contributed by atoms with van der Waals surface area (Å²) in [6, 6.07) is 20.5. The normalized spacial score (nSPS) is 10.7. The molecule has 1 N–H and O–H groups in total. The molecule has 0 spiro atoms. The average molecular weight is 396 g/mol. The fraction of sp³-hybridized carbons (Fsp3) is 0.0741. The Morgan fingerprint density at radius 3 is 2.17 bits per heavy atom. The first kappa shape index (κ1) is 20.9. The molecule has 0 atom stereocenters. The molecule has 0 saturated carbocycles. The van der Waals surface area contributed by atoms with E-state index in [0.29, 0.717) is 29.7 Å². The molecule has 3 aromatic carbocycles. The Kier molecular flexibility index (Phi) is 7.01. The number of phenols is 1. The summed E-state index contributed by atoms with van der Waals surface area (Å²) in [5.74, 6) is 0.0191. The van der Waals surface area contributed by atoms with Gasteiger partial charge in [0.25, 0.3) is 0 Å². The van der Waals surface area contributed by atoms with Gasteiger partial charge in [-0.2, -0.15) is 0 Å². The van der Waals surface area contributed by atoms with Gasteiger partial charge in [0.1, 0.15) is 11.5 Å². The molecule has 0 heterocycles. The predicted molar refractivity (Wildman–Crippen MR) is 122 cm³/mol. The monoisotopic (exact) mass is 396 g/mol. The fourth-order valence-electron chi connectivity index (χ4n) is 3.13. The van der Waals surface area contributed by atoms with Gasteiger partial charge in [-0.25, -0.2) is 4.79 Å². The molecule has 0 unspecified atom stereocenters. The molecular weight excluding hydrogens is 372 g/mol. The molecule has 0 amide bonds. The van der Waals surface area contributed by atoms with Gasteiger partial charge in [0.15, 0.2) is 0 Å². The first-order chi connectivity index (χ1) is 14.6. The number of allylic oxidation sites excluding steroid dienone is 2. The molecule has 3 aromatic rings. The van der Waals surface area contributed by atoms with Crippen molar-refractivity contribution >= 4 is 12.0 Å². The molecule has 0 fully saturated rings. The maximum atomic E-state index is 12.4. The first-order valence-corrected chi connectivity index (χ1v) is 9.72. The smallest absolute Gasteiger partial charge is 0.336 e. The van der Waals surface area contributed by atoms with Gasteiger partial charge in [0.05, 0.1) is 0 Å². The highest BCUT2D eigenvalue weighted by Gasteiger charge is 2.14. The van der Waals surface area contributed by atoms with Crippen LogP contribution in [0.25, 0.3) is 17.2 Å². The van der Waals surface area contributed by atoms with Gasteiger partial charge in [-0.3, -0.25) is 0 Å². The topological polar surface area (TPSA) is 46.5 Å². The van der Waals surface area contributed by atoms with E-state index < -0.39 is 5.97 Å². The number of phenolic OH excluding ortho intramolecular Hbond substituents is 1. The number of esters is 1. The molecule has 3 heteroatoms. The standard InChI is InChI=1S/C27H24O3/c1-3-8-21-12-15-25(28)23(18-21)24-19-22(9-4-2)13-16-26(24)30-27(29)17-14-20-10-6-5-7-11-20/h3-7,10-19,28H,1-2,8-9H2. The molecule has 0 saturated heterocycles. The lowest BCUT2D eigenvalue weighted by atomic mass is 9.97. The number of benzene rings is 3. The SMILES string of the molecule is C=CCc1ccc(O)c(-c2cc(CC=C)ccc2OC(=O)C=Cc2ccccc2)c1. The van der Waals surface area contributed by atoms with Crippen molar-refractivity contribution < 1.29 is 14.6 Å². The van der Waals surface area contributed by atoms with Crippen molar-refractivity contribution in [3.8, 4) is 22.6 Å². The number of hydrogen-bond donors (Lipinski definition) is 1. The molecule has 0 aliphatic heterocycles.